The summed E-state index contributed by atoms with van der Waals surface area (Å²) >= 11 is 0. The number of ether oxygens (including phenoxy) is 1. The largest absolute Gasteiger partial charge is 0.368 e. The van der Waals surface area contributed by atoms with Gasteiger partial charge in [0.05, 0.1) is 18.1 Å². The fourth-order valence-electron chi connectivity index (χ4n) is 3.36. The second-order valence-electron chi connectivity index (χ2n) is 7.15. The number of hydrogen-bond acceptors (Lipinski definition) is 6. The van der Waals surface area contributed by atoms with E-state index in [4.69, 9.17) is 4.74 Å². The van der Waals surface area contributed by atoms with E-state index in [0.717, 1.165) is 35.5 Å². The monoisotopic (exact) mass is 392 g/mol. The van der Waals surface area contributed by atoms with E-state index < -0.39 is 0 Å². The summed E-state index contributed by atoms with van der Waals surface area (Å²) in [6.45, 7) is 5.14. The van der Waals surface area contributed by atoms with Crippen LogP contribution in [-0.2, 0) is 16.1 Å². The summed E-state index contributed by atoms with van der Waals surface area (Å²) in [5.41, 5.74) is 3.72. The molecule has 0 spiro atoms. The van der Waals surface area contributed by atoms with Crippen LogP contribution in [-0.4, -0.2) is 38.4 Å². The lowest BCUT2D eigenvalue weighted by molar-refractivity contribution is -0.124. The van der Waals surface area contributed by atoms with E-state index in [9.17, 15) is 4.79 Å². The number of carbonyl (C=O) groups excluding carboxylic acids is 1. The van der Waals surface area contributed by atoms with Gasteiger partial charge in [-0.25, -0.2) is 9.67 Å². The Labute approximate surface area is 169 Å². The Morgan fingerprint density at radius 3 is 2.93 bits per heavy atom. The number of nitrogens with one attached hydrogen (secondary N) is 2. The summed E-state index contributed by atoms with van der Waals surface area (Å²) in [4.78, 5) is 21.1. The van der Waals surface area contributed by atoms with Crippen LogP contribution in [0.15, 0.2) is 42.7 Å². The topological polar surface area (TPSA) is 94.0 Å². The number of carbonyl (C=O) groups is 1. The van der Waals surface area contributed by atoms with E-state index in [1.54, 1.807) is 17.1 Å². The van der Waals surface area contributed by atoms with E-state index in [2.05, 4.69) is 25.7 Å². The van der Waals surface area contributed by atoms with Gasteiger partial charge in [0.15, 0.2) is 5.82 Å². The third-order valence-corrected chi connectivity index (χ3v) is 4.74. The molecule has 8 nitrogen and oxygen atoms in total. The zero-order chi connectivity index (χ0) is 20.2. The van der Waals surface area contributed by atoms with Gasteiger partial charge in [0.25, 0.3) is 5.91 Å². The molecule has 29 heavy (non-hydrogen) atoms. The summed E-state index contributed by atoms with van der Waals surface area (Å²) in [6, 6.07) is 9.73. The molecule has 1 atom stereocenters. The highest BCUT2D eigenvalue weighted by Crippen LogP contribution is 2.17. The van der Waals surface area contributed by atoms with Crippen LogP contribution in [0, 0.1) is 13.8 Å². The predicted molar refractivity (Wildman–Crippen MR) is 110 cm³/mol. The second-order valence-corrected chi connectivity index (χ2v) is 7.15. The van der Waals surface area contributed by atoms with Crippen LogP contribution in [0.4, 0.5) is 11.5 Å². The third kappa shape index (κ3) is 4.60. The molecule has 0 bridgehead atoms. The number of amides is 1. The van der Waals surface area contributed by atoms with Crippen LogP contribution >= 0.6 is 0 Å². The van der Waals surface area contributed by atoms with E-state index in [1.165, 1.54) is 0 Å². The smallest absolute Gasteiger partial charge is 0.253 e. The van der Waals surface area contributed by atoms with Gasteiger partial charge in [-0.3, -0.25) is 9.78 Å². The van der Waals surface area contributed by atoms with Crippen molar-refractivity contribution in [2.75, 3.05) is 17.2 Å². The normalized spacial score (nSPS) is 16.0. The number of benzene rings is 1. The molecule has 1 unspecified atom stereocenters. The summed E-state index contributed by atoms with van der Waals surface area (Å²) < 4.78 is 7.21. The molecule has 3 aromatic rings. The summed E-state index contributed by atoms with van der Waals surface area (Å²) in [7, 11) is 0. The molecular formula is C21H24N6O2. The minimum Gasteiger partial charge on any atom is -0.368 e. The number of hydrogen-bond donors (Lipinski definition) is 2. The molecule has 1 amide bonds. The van der Waals surface area contributed by atoms with E-state index >= 15 is 0 Å². The maximum atomic E-state index is 12.2. The molecule has 4 rings (SSSR count). The van der Waals surface area contributed by atoms with Gasteiger partial charge in [0.2, 0.25) is 0 Å². The molecule has 2 aromatic heterocycles. The van der Waals surface area contributed by atoms with E-state index in [0.29, 0.717) is 24.8 Å². The minimum atomic E-state index is -0.343. The van der Waals surface area contributed by atoms with Gasteiger partial charge in [-0.1, -0.05) is 12.1 Å². The molecule has 1 aromatic carbocycles. The lowest BCUT2D eigenvalue weighted by Gasteiger charge is -2.12. The quantitative estimate of drug-likeness (QED) is 0.670. The highest BCUT2D eigenvalue weighted by atomic mass is 16.5. The number of rotatable bonds is 6. The lowest BCUT2D eigenvalue weighted by Crippen LogP contribution is -2.26. The lowest BCUT2D eigenvalue weighted by atomic mass is 10.2. The van der Waals surface area contributed by atoms with Crippen molar-refractivity contribution in [2.24, 2.45) is 0 Å². The Hall–Kier alpha value is -3.26. The fourth-order valence-corrected chi connectivity index (χ4v) is 3.36. The van der Waals surface area contributed by atoms with Gasteiger partial charge in [-0.15, -0.1) is 0 Å². The fraction of sp³-hybridized carbons (Fsp3) is 0.333. The molecule has 1 fully saturated rings. The summed E-state index contributed by atoms with van der Waals surface area (Å²) in [5.74, 6) is 1.23. The highest BCUT2D eigenvalue weighted by Gasteiger charge is 2.23. The number of anilines is 2. The maximum Gasteiger partial charge on any atom is 0.253 e. The average molecular weight is 392 g/mol. The SMILES string of the molecule is Cc1cc(C)n(-c2cncc(NCc3cccc(NC(=O)C4CCCO4)c3)n2)n1. The number of aromatic nitrogens is 4. The third-order valence-electron chi connectivity index (χ3n) is 4.74. The molecule has 0 radical (unpaired) electrons. The van der Waals surface area contributed by atoms with Crippen LogP contribution in [0.2, 0.25) is 0 Å². The van der Waals surface area contributed by atoms with Crippen LogP contribution in [0.3, 0.4) is 0 Å². The molecule has 0 aliphatic carbocycles. The first-order valence-electron chi connectivity index (χ1n) is 9.69. The van der Waals surface area contributed by atoms with Crippen LogP contribution in [0.5, 0.6) is 0 Å². The molecular weight excluding hydrogens is 368 g/mol. The van der Waals surface area contributed by atoms with E-state index in [-0.39, 0.29) is 12.0 Å². The van der Waals surface area contributed by atoms with Crippen molar-refractivity contribution in [3.8, 4) is 5.82 Å². The standard InChI is InChI=1S/C21H24N6O2/c1-14-9-15(2)27(26-14)20-13-22-12-19(25-20)23-11-16-5-3-6-17(10-16)24-21(28)18-7-4-8-29-18/h3,5-6,9-10,12-13,18H,4,7-8,11H2,1-2H3,(H,23,25)(H,24,28). The maximum absolute atomic E-state index is 12.2. The average Bonchev–Trinajstić information content (AvgIpc) is 3.37. The first-order valence-corrected chi connectivity index (χ1v) is 9.69. The number of nitrogens with zero attached hydrogens (tertiary/aromatic N) is 4. The Bertz CT molecular complexity index is 1010. The highest BCUT2D eigenvalue weighted by molar-refractivity contribution is 5.94. The van der Waals surface area contributed by atoms with Gasteiger partial charge in [-0.05, 0) is 50.5 Å². The zero-order valence-electron chi connectivity index (χ0n) is 16.6. The van der Waals surface area contributed by atoms with Gasteiger partial charge in [0, 0.05) is 24.5 Å². The van der Waals surface area contributed by atoms with Crippen molar-refractivity contribution in [2.45, 2.75) is 39.3 Å². The predicted octanol–water partition coefficient (Wildman–Crippen LogP) is 3.01. The van der Waals surface area contributed by atoms with Crippen molar-refractivity contribution >= 4 is 17.4 Å². The van der Waals surface area contributed by atoms with Crippen molar-refractivity contribution < 1.29 is 9.53 Å². The molecule has 3 heterocycles. The Morgan fingerprint density at radius 1 is 1.28 bits per heavy atom. The molecule has 150 valence electrons. The van der Waals surface area contributed by atoms with Crippen molar-refractivity contribution in [3.05, 3.63) is 59.7 Å². The first kappa shape index (κ1) is 19.1. The van der Waals surface area contributed by atoms with Gasteiger partial charge in [-0.2, -0.15) is 5.10 Å². The van der Waals surface area contributed by atoms with Gasteiger partial charge >= 0.3 is 0 Å². The molecule has 1 saturated heterocycles. The molecule has 8 heteroatoms. The van der Waals surface area contributed by atoms with Crippen LogP contribution < -0.4 is 10.6 Å². The Balaban J connectivity index is 1.41. The van der Waals surface area contributed by atoms with Crippen molar-refractivity contribution in [1.29, 1.82) is 0 Å². The van der Waals surface area contributed by atoms with Crippen LogP contribution in [0.1, 0.15) is 29.8 Å². The Kier molecular flexibility index (Phi) is 5.53. The van der Waals surface area contributed by atoms with Crippen molar-refractivity contribution in [1.82, 2.24) is 19.7 Å². The first-order chi connectivity index (χ1) is 14.1. The molecule has 2 N–H and O–H groups in total. The molecule has 1 aliphatic heterocycles. The zero-order valence-corrected chi connectivity index (χ0v) is 16.6. The molecule has 1 aliphatic rings. The van der Waals surface area contributed by atoms with E-state index in [1.807, 2.05) is 44.2 Å². The van der Waals surface area contributed by atoms with Crippen LogP contribution in [0.25, 0.3) is 5.82 Å². The summed E-state index contributed by atoms with van der Waals surface area (Å²) in [6.07, 6.45) is 4.73. The van der Waals surface area contributed by atoms with Crippen molar-refractivity contribution in [3.63, 3.8) is 0 Å². The van der Waals surface area contributed by atoms with Gasteiger partial charge < -0.3 is 15.4 Å². The summed E-state index contributed by atoms with van der Waals surface area (Å²) in [5, 5.41) is 10.7. The minimum absolute atomic E-state index is 0.0870. The molecule has 0 saturated carbocycles. The van der Waals surface area contributed by atoms with Gasteiger partial charge in [0.1, 0.15) is 11.9 Å². The second kappa shape index (κ2) is 8.40. The Morgan fingerprint density at radius 2 is 2.17 bits per heavy atom. The number of aryl methyl sites for hydroxylation is 2.